The number of hydrogen-bond acceptors (Lipinski definition) is 4. The topological polar surface area (TPSA) is 50.1 Å². The highest BCUT2D eigenvalue weighted by molar-refractivity contribution is 8.00. The number of hydrogen-bond donors (Lipinski definition) is 0. The lowest BCUT2D eigenvalue weighted by molar-refractivity contribution is -0.0329. The summed E-state index contributed by atoms with van der Waals surface area (Å²) in [5.41, 5.74) is -5.89. The van der Waals surface area contributed by atoms with Gasteiger partial charge in [0.1, 0.15) is 6.07 Å². The zero-order valence-corrected chi connectivity index (χ0v) is 10.4. The van der Waals surface area contributed by atoms with E-state index in [2.05, 4.69) is 4.74 Å². The number of ether oxygens (including phenoxy) is 1. The molecule has 0 saturated heterocycles. The van der Waals surface area contributed by atoms with Gasteiger partial charge in [0.2, 0.25) is 0 Å². The van der Waals surface area contributed by atoms with Crippen molar-refractivity contribution in [2.24, 2.45) is 0 Å². The number of esters is 1. The van der Waals surface area contributed by atoms with Crippen LogP contribution in [0.15, 0.2) is 17.0 Å². The first-order valence-electron chi connectivity index (χ1n) is 4.95. The zero-order valence-electron chi connectivity index (χ0n) is 9.55. The molecule has 0 aromatic heterocycles. The molecule has 0 fully saturated rings. The summed E-state index contributed by atoms with van der Waals surface area (Å²) in [5.74, 6) is -2.48. The molecule has 3 nitrogen and oxygen atoms in total. The number of halogens is 4. The number of carbonyl (C=O) groups excluding carboxylic acids is 1. The third-order valence-electron chi connectivity index (χ3n) is 1.93. The lowest BCUT2D eigenvalue weighted by Crippen LogP contribution is -2.10. The van der Waals surface area contributed by atoms with E-state index in [1.54, 1.807) is 0 Å². The van der Waals surface area contributed by atoms with Crippen molar-refractivity contribution in [2.45, 2.75) is 17.3 Å². The van der Waals surface area contributed by atoms with Crippen LogP contribution in [0.25, 0.3) is 0 Å². The van der Waals surface area contributed by atoms with E-state index in [1.807, 2.05) is 0 Å². The molecule has 0 saturated carbocycles. The van der Waals surface area contributed by atoms with Crippen LogP contribution in [-0.2, 0) is 4.74 Å². The molecule has 0 unspecified atom stereocenters. The molecule has 0 aliphatic heterocycles. The second-order valence-electron chi connectivity index (χ2n) is 3.18. The Labute approximate surface area is 110 Å². The fourth-order valence-electron chi connectivity index (χ4n) is 1.23. The number of benzene rings is 1. The second kappa shape index (κ2) is 5.93. The minimum Gasteiger partial charge on any atom is -0.462 e. The van der Waals surface area contributed by atoms with Gasteiger partial charge in [-0.05, 0) is 30.8 Å². The SMILES string of the molecule is CCOC(=O)c1ccc(C#N)c(SC(F)(F)F)c1F. The third-order valence-corrected chi connectivity index (χ3v) is 2.77. The molecule has 0 atom stereocenters. The Balaban J connectivity index is 3.31. The normalized spacial score (nSPS) is 10.9. The van der Waals surface area contributed by atoms with Crippen LogP contribution >= 0.6 is 11.8 Å². The van der Waals surface area contributed by atoms with Gasteiger partial charge >= 0.3 is 11.5 Å². The van der Waals surface area contributed by atoms with Crippen molar-refractivity contribution in [3.05, 3.63) is 29.1 Å². The van der Waals surface area contributed by atoms with Crippen molar-refractivity contribution in [2.75, 3.05) is 6.61 Å². The van der Waals surface area contributed by atoms with Gasteiger partial charge in [0.05, 0.1) is 22.6 Å². The van der Waals surface area contributed by atoms with E-state index in [1.165, 1.54) is 13.0 Å². The van der Waals surface area contributed by atoms with Crippen molar-refractivity contribution in [1.82, 2.24) is 0 Å². The molecule has 0 amide bonds. The van der Waals surface area contributed by atoms with E-state index in [-0.39, 0.29) is 6.61 Å². The lowest BCUT2D eigenvalue weighted by atomic mass is 10.1. The van der Waals surface area contributed by atoms with Crippen molar-refractivity contribution in [3.8, 4) is 6.07 Å². The van der Waals surface area contributed by atoms with Gasteiger partial charge < -0.3 is 4.74 Å². The van der Waals surface area contributed by atoms with Crippen LogP contribution in [0, 0.1) is 17.1 Å². The number of alkyl halides is 3. The molecule has 0 radical (unpaired) electrons. The Bertz CT molecular complexity index is 537. The molecule has 0 N–H and O–H groups in total. The number of rotatable bonds is 3. The van der Waals surface area contributed by atoms with Gasteiger partial charge in [0.15, 0.2) is 5.82 Å². The van der Waals surface area contributed by atoms with Gasteiger partial charge in [0.25, 0.3) is 0 Å². The molecule has 102 valence electrons. The van der Waals surface area contributed by atoms with Gasteiger partial charge in [-0.25, -0.2) is 9.18 Å². The van der Waals surface area contributed by atoms with E-state index in [0.717, 1.165) is 12.1 Å². The van der Waals surface area contributed by atoms with Crippen LogP contribution in [0.2, 0.25) is 0 Å². The number of nitrogens with zero attached hydrogens (tertiary/aromatic N) is 1. The van der Waals surface area contributed by atoms with Crippen molar-refractivity contribution in [3.63, 3.8) is 0 Å². The molecule has 0 aliphatic carbocycles. The monoisotopic (exact) mass is 293 g/mol. The lowest BCUT2D eigenvalue weighted by Gasteiger charge is -2.11. The minimum absolute atomic E-state index is 0.0416. The summed E-state index contributed by atoms with van der Waals surface area (Å²) in [5, 5.41) is 8.66. The summed E-state index contributed by atoms with van der Waals surface area (Å²) in [6.45, 7) is 1.44. The van der Waals surface area contributed by atoms with Crippen LogP contribution < -0.4 is 0 Å². The first kappa shape index (κ1) is 15.3. The standard InChI is InChI=1S/C11H7F4NO2S/c1-2-18-10(17)7-4-3-6(5-16)9(8(7)12)19-11(13,14)15/h3-4H,2H2,1H3. The summed E-state index contributed by atoms with van der Waals surface area (Å²) in [6.07, 6.45) is 0. The zero-order chi connectivity index (χ0) is 14.6. The number of nitriles is 1. The largest absolute Gasteiger partial charge is 0.462 e. The third kappa shape index (κ3) is 3.86. The van der Waals surface area contributed by atoms with Crippen LogP contribution in [-0.4, -0.2) is 18.1 Å². The fraction of sp³-hybridized carbons (Fsp3) is 0.273. The molecule has 1 aromatic rings. The van der Waals surface area contributed by atoms with Crippen molar-refractivity contribution in [1.29, 1.82) is 5.26 Å². The Morgan fingerprint density at radius 2 is 2.11 bits per heavy atom. The van der Waals surface area contributed by atoms with Crippen molar-refractivity contribution >= 4 is 17.7 Å². The molecule has 0 heterocycles. The van der Waals surface area contributed by atoms with Crippen molar-refractivity contribution < 1.29 is 27.1 Å². The molecule has 0 bridgehead atoms. The Hall–Kier alpha value is -1.75. The van der Waals surface area contributed by atoms with E-state index in [9.17, 15) is 22.4 Å². The Kier molecular flexibility index (Phi) is 4.78. The average Bonchev–Trinajstić information content (AvgIpc) is 2.30. The maximum atomic E-state index is 13.9. The predicted octanol–water partition coefficient (Wildman–Crippen LogP) is 3.49. The minimum atomic E-state index is -4.76. The molecule has 1 aromatic carbocycles. The summed E-state index contributed by atoms with van der Waals surface area (Å²) in [7, 11) is 0. The van der Waals surface area contributed by atoms with Gasteiger partial charge in [-0.15, -0.1) is 0 Å². The molecular weight excluding hydrogens is 286 g/mol. The smallest absolute Gasteiger partial charge is 0.446 e. The molecule has 0 aliphatic rings. The van der Waals surface area contributed by atoms with Gasteiger partial charge in [-0.3, -0.25) is 0 Å². The van der Waals surface area contributed by atoms with Crippen LogP contribution in [0.5, 0.6) is 0 Å². The van der Waals surface area contributed by atoms with E-state index < -0.39 is 45.1 Å². The van der Waals surface area contributed by atoms with Gasteiger partial charge in [0, 0.05) is 0 Å². The molecule has 19 heavy (non-hydrogen) atoms. The van der Waals surface area contributed by atoms with Gasteiger partial charge in [-0.2, -0.15) is 18.4 Å². The van der Waals surface area contributed by atoms with Crippen LogP contribution in [0.3, 0.4) is 0 Å². The molecule has 0 spiro atoms. The number of carbonyl (C=O) groups is 1. The summed E-state index contributed by atoms with van der Waals surface area (Å²) >= 11 is -0.777. The Morgan fingerprint density at radius 1 is 1.47 bits per heavy atom. The van der Waals surface area contributed by atoms with E-state index >= 15 is 0 Å². The molecule has 8 heteroatoms. The molecular formula is C11H7F4NO2S. The Morgan fingerprint density at radius 3 is 2.58 bits per heavy atom. The number of thioether (sulfide) groups is 1. The summed E-state index contributed by atoms with van der Waals surface area (Å²) in [6, 6.07) is 3.31. The summed E-state index contributed by atoms with van der Waals surface area (Å²) in [4.78, 5) is 10.4. The maximum Gasteiger partial charge on any atom is 0.446 e. The highest BCUT2D eigenvalue weighted by Crippen LogP contribution is 2.40. The van der Waals surface area contributed by atoms with E-state index in [0.29, 0.717) is 0 Å². The maximum absolute atomic E-state index is 13.9. The van der Waals surface area contributed by atoms with Crippen LogP contribution in [0.1, 0.15) is 22.8 Å². The predicted molar refractivity (Wildman–Crippen MR) is 59.0 cm³/mol. The first-order valence-corrected chi connectivity index (χ1v) is 5.77. The summed E-state index contributed by atoms with van der Waals surface area (Å²) < 4.78 is 55.2. The highest BCUT2D eigenvalue weighted by Gasteiger charge is 2.33. The second-order valence-corrected chi connectivity index (χ2v) is 4.26. The fourth-order valence-corrected chi connectivity index (χ4v) is 1.88. The average molecular weight is 293 g/mol. The van der Waals surface area contributed by atoms with E-state index in [4.69, 9.17) is 5.26 Å². The highest BCUT2D eigenvalue weighted by atomic mass is 32.2. The van der Waals surface area contributed by atoms with Gasteiger partial charge in [-0.1, -0.05) is 0 Å². The van der Waals surface area contributed by atoms with Crippen LogP contribution in [0.4, 0.5) is 17.6 Å². The quantitative estimate of drug-likeness (QED) is 0.486. The first-order chi connectivity index (χ1) is 8.80. The molecule has 1 rings (SSSR count).